The van der Waals surface area contributed by atoms with E-state index in [-0.39, 0.29) is 24.6 Å². The standard InChI is InChI=1S/C15H17N7O3/c1-9-10(2)18-8-21(15(9)24)7-12(23)17-6-11-19-20-13-14(25-3)16-4-5-22(11)13/h4-5,8H,6-7H2,1-3H3,(H,17,23). The van der Waals surface area contributed by atoms with E-state index in [0.29, 0.717) is 28.6 Å². The van der Waals surface area contributed by atoms with Gasteiger partial charge in [0.05, 0.1) is 20.0 Å². The number of hydrogen-bond acceptors (Lipinski definition) is 7. The molecule has 0 spiro atoms. The van der Waals surface area contributed by atoms with Crippen molar-refractivity contribution in [1.82, 2.24) is 34.4 Å². The third-order valence-corrected chi connectivity index (χ3v) is 3.83. The molecule has 1 amide bonds. The SMILES string of the molecule is COc1nccn2c(CNC(=O)Cn3cnc(C)c(C)c3=O)nnc12. The van der Waals surface area contributed by atoms with E-state index in [1.54, 1.807) is 30.6 Å². The van der Waals surface area contributed by atoms with E-state index in [1.165, 1.54) is 18.0 Å². The van der Waals surface area contributed by atoms with Crippen LogP contribution in [0.2, 0.25) is 0 Å². The Morgan fingerprint density at radius 3 is 2.84 bits per heavy atom. The summed E-state index contributed by atoms with van der Waals surface area (Å²) in [4.78, 5) is 32.4. The average molecular weight is 343 g/mol. The first kappa shape index (κ1) is 16.6. The van der Waals surface area contributed by atoms with Gasteiger partial charge in [0.2, 0.25) is 11.6 Å². The van der Waals surface area contributed by atoms with Gasteiger partial charge in [-0.1, -0.05) is 0 Å². The highest BCUT2D eigenvalue weighted by molar-refractivity contribution is 5.75. The summed E-state index contributed by atoms with van der Waals surface area (Å²) in [6.07, 6.45) is 4.60. The fourth-order valence-corrected chi connectivity index (χ4v) is 2.29. The molecule has 130 valence electrons. The molecule has 0 aliphatic carbocycles. The maximum atomic E-state index is 12.1. The molecular weight excluding hydrogens is 326 g/mol. The number of carbonyl (C=O) groups excluding carboxylic acids is 1. The minimum Gasteiger partial charge on any atom is -0.478 e. The smallest absolute Gasteiger partial charge is 0.260 e. The van der Waals surface area contributed by atoms with Gasteiger partial charge in [-0.25, -0.2) is 9.97 Å². The van der Waals surface area contributed by atoms with Gasteiger partial charge in [-0.15, -0.1) is 10.2 Å². The Bertz CT molecular complexity index is 992. The number of ether oxygens (including phenoxy) is 1. The number of amides is 1. The van der Waals surface area contributed by atoms with Crippen LogP contribution in [0.25, 0.3) is 5.65 Å². The number of carbonyl (C=O) groups is 1. The van der Waals surface area contributed by atoms with E-state index in [9.17, 15) is 9.59 Å². The normalized spacial score (nSPS) is 10.8. The Hall–Kier alpha value is -3.30. The van der Waals surface area contributed by atoms with Crippen molar-refractivity contribution < 1.29 is 9.53 Å². The first-order valence-corrected chi connectivity index (χ1v) is 7.53. The van der Waals surface area contributed by atoms with Crippen LogP contribution >= 0.6 is 0 Å². The van der Waals surface area contributed by atoms with Gasteiger partial charge in [-0.05, 0) is 13.8 Å². The molecule has 0 fully saturated rings. The molecule has 0 aromatic carbocycles. The van der Waals surface area contributed by atoms with Crippen LogP contribution in [0.5, 0.6) is 5.88 Å². The van der Waals surface area contributed by atoms with Gasteiger partial charge < -0.3 is 10.1 Å². The molecule has 0 bridgehead atoms. The molecule has 0 saturated heterocycles. The highest BCUT2D eigenvalue weighted by Crippen LogP contribution is 2.13. The zero-order valence-electron chi connectivity index (χ0n) is 14.1. The predicted molar refractivity (Wildman–Crippen MR) is 87.2 cm³/mol. The van der Waals surface area contributed by atoms with Gasteiger partial charge in [-0.3, -0.25) is 18.6 Å². The van der Waals surface area contributed by atoms with Crippen molar-refractivity contribution in [2.45, 2.75) is 26.9 Å². The molecular formula is C15H17N7O3. The highest BCUT2D eigenvalue weighted by Gasteiger charge is 2.12. The summed E-state index contributed by atoms with van der Waals surface area (Å²) >= 11 is 0. The molecule has 0 atom stereocenters. The van der Waals surface area contributed by atoms with Crippen LogP contribution in [-0.4, -0.2) is 42.2 Å². The lowest BCUT2D eigenvalue weighted by atomic mass is 10.3. The fraction of sp³-hybridized carbons (Fsp3) is 0.333. The molecule has 3 aromatic heterocycles. The third-order valence-electron chi connectivity index (χ3n) is 3.83. The molecule has 1 N–H and O–H groups in total. The van der Waals surface area contributed by atoms with E-state index in [4.69, 9.17) is 4.74 Å². The van der Waals surface area contributed by atoms with Crippen molar-refractivity contribution in [2.24, 2.45) is 0 Å². The average Bonchev–Trinajstić information content (AvgIpc) is 3.03. The molecule has 0 aliphatic rings. The zero-order chi connectivity index (χ0) is 18.0. The van der Waals surface area contributed by atoms with E-state index in [1.807, 2.05) is 0 Å². The Morgan fingerprint density at radius 2 is 2.08 bits per heavy atom. The molecule has 3 heterocycles. The molecule has 0 radical (unpaired) electrons. The number of rotatable bonds is 5. The summed E-state index contributed by atoms with van der Waals surface area (Å²) in [5, 5.41) is 10.7. The Labute approximate surface area is 142 Å². The molecule has 0 saturated carbocycles. The maximum Gasteiger partial charge on any atom is 0.260 e. The summed E-state index contributed by atoms with van der Waals surface area (Å²) in [5.41, 5.74) is 1.41. The van der Waals surface area contributed by atoms with E-state index >= 15 is 0 Å². The summed E-state index contributed by atoms with van der Waals surface area (Å²) in [6.45, 7) is 3.47. The van der Waals surface area contributed by atoms with E-state index < -0.39 is 0 Å². The second-order valence-corrected chi connectivity index (χ2v) is 5.41. The quantitative estimate of drug-likeness (QED) is 0.671. The van der Waals surface area contributed by atoms with Crippen LogP contribution in [-0.2, 0) is 17.9 Å². The largest absolute Gasteiger partial charge is 0.478 e. The first-order chi connectivity index (χ1) is 12.0. The number of methoxy groups -OCH3 is 1. The molecule has 0 aliphatic heterocycles. The van der Waals surface area contributed by atoms with E-state index in [0.717, 1.165) is 0 Å². The molecule has 25 heavy (non-hydrogen) atoms. The van der Waals surface area contributed by atoms with Gasteiger partial charge in [0.1, 0.15) is 6.54 Å². The number of nitrogens with zero attached hydrogens (tertiary/aromatic N) is 6. The fourth-order valence-electron chi connectivity index (χ4n) is 2.29. The van der Waals surface area contributed by atoms with Gasteiger partial charge >= 0.3 is 0 Å². The topological polar surface area (TPSA) is 116 Å². The van der Waals surface area contributed by atoms with Crippen LogP contribution in [0.15, 0.2) is 23.5 Å². The summed E-state index contributed by atoms with van der Waals surface area (Å²) in [5.74, 6) is 0.542. The zero-order valence-corrected chi connectivity index (χ0v) is 14.1. The Morgan fingerprint density at radius 1 is 1.28 bits per heavy atom. The minimum absolute atomic E-state index is 0.117. The van der Waals surface area contributed by atoms with Crippen molar-refractivity contribution in [3.8, 4) is 5.88 Å². The van der Waals surface area contributed by atoms with Crippen LogP contribution in [0.3, 0.4) is 0 Å². The van der Waals surface area contributed by atoms with Gasteiger partial charge in [0, 0.05) is 23.7 Å². The van der Waals surface area contributed by atoms with Gasteiger partial charge in [0.25, 0.3) is 11.4 Å². The number of hydrogen-bond donors (Lipinski definition) is 1. The van der Waals surface area contributed by atoms with Gasteiger partial charge in [-0.2, -0.15) is 0 Å². The molecule has 3 rings (SSSR count). The molecule has 0 unspecified atom stereocenters. The van der Waals surface area contributed by atoms with Crippen LogP contribution in [0, 0.1) is 13.8 Å². The second-order valence-electron chi connectivity index (χ2n) is 5.41. The number of nitrogens with one attached hydrogen (secondary N) is 1. The van der Waals surface area contributed by atoms with Crippen molar-refractivity contribution in [1.29, 1.82) is 0 Å². The van der Waals surface area contributed by atoms with Crippen molar-refractivity contribution in [3.63, 3.8) is 0 Å². The predicted octanol–water partition coefficient (Wildman–Crippen LogP) is -0.377. The van der Waals surface area contributed by atoms with Gasteiger partial charge in [0.15, 0.2) is 5.82 Å². The second kappa shape index (κ2) is 6.67. The van der Waals surface area contributed by atoms with E-state index in [2.05, 4.69) is 25.5 Å². The molecule has 10 nitrogen and oxygen atoms in total. The third kappa shape index (κ3) is 3.18. The van der Waals surface area contributed by atoms with Crippen molar-refractivity contribution >= 4 is 11.6 Å². The lowest BCUT2D eigenvalue weighted by Crippen LogP contribution is -2.33. The monoisotopic (exact) mass is 343 g/mol. The first-order valence-electron chi connectivity index (χ1n) is 7.53. The van der Waals surface area contributed by atoms with Crippen LogP contribution in [0.4, 0.5) is 0 Å². The number of fused-ring (bicyclic) bond motifs is 1. The Kier molecular flexibility index (Phi) is 4.42. The summed E-state index contributed by atoms with van der Waals surface area (Å²) in [7, 11) is 1.49. The minimum atomic E-state index is -0.329. The summed E-state index contributed by atoms with van der Waals surface area (Å²) < 4.78 is 8.06. The van der Waals surface area contributed by atoms with Crippen LogP contribution in [0.1, 0.15) is 17.1 Å². The Balaban J connectivity index is 1.71. The summed E-state index contributed by atoms with van der Waals surface area (Å²) in [6, 6.07) is 0. The van der Waals surface area contributed by atoms with Crippen LogP contribution < -0.4 is 15.6 Å². The number of aryl methyl sites for hydroxylation is 1. The van der Waals surface area contributed by atoms with Crippen molar-refractivity contribution in [2.75, 3.05) is 7.11 Å². The lowest BCUT2D eigenvalue weighted by molar-refractivity contribution is -0.121. The molecule has 3 aromatic rings. The maximum absolute atomic E-state index is 12.1. The lowest BCUT2D eigenvalue weighted by Gasteiger charge is -2.08. The number of aromatic nitrogens is 6. The van der Waals surface area contributed by atoms with Crippen molar-refractivity contribution in [3.05, 3.63) is 46.2 Å². The molecule has 10 heteroatoms. The highest BCUT2D eigenvalue weighted by atomic mass is 16.5.